The van der Waals surface area contributed by atoms with Gasteiger partial charge in [-0.2, -0.15) is 5.10 Å². The van der Waals surface area contributed by atoms with E-state index in [0.29, 0.717) is 6.04 Å². The van der Waals surface area contributed by atoms with Gasteiger partial charge >= 0.3 is 5.97 Å². The van der Waals surface area contributed by atoms with Crippen LogP contribution in [0.3, 0.4) is 0 Å². The molecule has 1 atom stereocenters. The fraction of sp³-hybridized carbons (Fsp3) is 0.533. The first-order valence-corrected chi connectivity index (χ1v) is 7.33. The molecular weight excluding hydrogens is 268 g/mol. The molecule has 21 heavy (non-hydrogen) atoms. The number of anilines is 1. The predicted molar refractivity (Wildman–Crippen MR) is 80.9 cm³/mol. The molecule has 1 N–H and O–H groups in total. The lowest BCUT2D eigenvalue weighted by Gasteiger charge is -2.36. The minimum atomic E-state index is -0.930. The summed E-state index contributed by atoms with van der Waals surface area (Å²) in [5.74, 6) is -0.930. The number of piperidine rings is 1. The van der Waals surface area contributed by atoms with Gasteiger partial charge < -0.3 is 10.0 Å². The van der Waals surface area contributed by atoms with Crippen LogP contribution in [0.25, 0.3) is 11.0 Å². The van der Waals surface area contributed by atoms with E-state index in [-0.39, 0.29) is 5.56 Å². The van der Waals surface area contributed by atoms with Crippen molar-refractivity contribution in [3.63, 3.8) is 0 Å². The molecule has 0 aliphatic carbocycles. The Balaban J connectivity index is 2.30. The summed E-state index contributed by atoms with van der Waals surface area (Å²) in [7, 11) is 1.84. The lowest BCUT2D eigenvalue weighted by atomic mass is 10.00. The van der Waals surface area contributed by atoms with Gasteiger partial charge in [0.05, 0.1) is 16.8 Å². The minimum Gasteiger partial charge on any atom is -0.478 e. The highest BCUT2D eigenvalue weighted by Gasteiger charge is 2.27. The Morgan fingerprint density at radius 3 is 2.86 bits per heavy atom. The van der Waals surface area contributed by atoms with Crippen molar-refractivity contribution in [1.29, 1.82) is 0 Å². The third-order valence-corrected chi connectivity index (χ3v) is 4.32. The van der Waals surface area contributed by atoms with E-state index in [2.05, 4.69) is 21.9 Å². The van der Waals surface area contributed by atoms with E-state index in [0.717, 1.165) is 41.8 Å². The summed E-state index contributed by atoms with van der Waals surface area (Å²) in [6.07, 6.45) is 4.83. The maximum atomic E-state index is 11.6. The van der Waals surface area contributed by atoms with Crippen LogP contribution in [0.2, 0.25) is 0 Å². The van der Waals surface area contributed by atoms with Crippen LogP contribution in [0, 0.1) is 6.92 Å². The Morgan fingerprint density at radius 1 is 1.43 bits per heavy atom. The number of aromatic nitrogens is 3. The summed E-state index contributed by atoms with van der Waals surface area (Å²) in [6, 6.07) is 0.335. The number of carboxylic acid groups (broad SMARTS) is 1. The van der Waals surface area contributed by atoms with Crippen molar-refractivity contribution >= 4 is 22.7 Å². The van der Waals surface area contributed by atoms with E-state index < -0.39 is 5.97 Å². The highest BCUT2D eigenvalue weighted by Crippen LogP contribution is 2.35. The molecule has 0 saturated carbocycles. The Labute approximate surface area is 123 Å². The van der Waals surface area contributed by atoms with Crippen molar-refractivity contribution < 1.29 is 9.90 Å². The number of aromatic carboxylic acids is 1. The van der Waals surface area contributed by atoms with Gasteiger partial charge in [0, 0.05) is 25.8 Å². The van der Waals surface area contributed by atoms with Crippen molar-refractivity contribution in [2.24, 2.45) is 7.05 Å². The molecule has 0 aromatic carbocycles. The number of aryl methyl sites for hydroxylation is 2. The molecule has 0 bridgehead atoms. The summed E-state index contributed by atoms with van der Waals surface area (Å²) < 4.78 is 1.72. The second kappa shape index (κ2) is 5.02. The lowest BCUT2D eigenvalue weighted by Crippen LogP contribution is -2.38. The first-order chi connectivity index (χ1) is 10.0. The molecule has 1 unspecified atom stereocenters. The highest BCUT2D eigenvalue weighted by atomic mass is 16.4. The van der Waals surface area contributed by atoms with Crippen LogP contribution in [0.1, 0.15) is 42.2 Å². The van der Waals surface area contributed by atoms with Crippen LogP contribution in [0.15, 0.2) is 6.20 Å². The van der Waals surface area contributed by atoms with Crippen molar-refractivity contribution in [3.05, 3.63) is 17.5 Å². The molecular formula is C15H20N4O2. The summed E-state index contributed by atoms with van der Waals surface area (Å²) in [4.78, 5) is 18.1. The van der Waals surface area contributed by atoms with Crippen molar-refractivity contribution in [2.45, 2.75) is 39.2 Å². The molecule has 2 aromatic rings. The largest absolute Gasteiger partial charge is 0.478 e. The average molecular weight is 288 g/mol. The fourth-order valence-corrected chi connectivity index (χ4v) is 3.28. The molecule has 6 heteroatoms. The second-order valence-corrected chi connectivity index (χ2v) is 5.77. The summed E-state index contributed by atoms with van der Waals surface area (Å²) >= 11 is 0. The van der Waals surface area contributed by atoms with Gasteiger partial charge in [-0.1, -0.05) is 0 Å². The molecule has 6 nitrogen and oxygen atoms in total. The van der Waals surface area contributed by atoms with Gasteiger partial charge in [0.25, 0.3) is 0 Å². The molecule has 2 aromatic heterocycles. The molecule has 3 rings (SSSR count). The first-order valence-electron chi connectivity index (χ1n) is 7.33. The van der Waals surface area contributed by atoms with Gasteiger partial charge in [-0.05, 0) is 33.1 Å². The third kappa shape index (κ3) is 2.14. The first kappa shape index (κ1) is 13.9. The van der Waals surface area contributed by atoms with E-state index in [1.54, 1.807) is 4.68 Å². The van der Waals surface area contributed by atoms with Crippen LogP contribution in [0.4, 0.5) is 5.69 Å². The lowest BCUT2D eigenvalue weighted by molar-refractivity contribution is 0.0697. The number of fused-ring (bicyclic) bond motifs is 1. The number of carbonyl (C=O) groups is 1. The zero-order valence-electron chi connectivity index (χ0n) is 12.6. The van der Waals surface area contributed by atoms with Crippen LogP contribution in [0.5, 0.6) is 0 Å². The topological polar surface area (TPSA) is 71.2 Å². The quantitative estimate of drug-likeness (QED) is 0.918. The van der Waals surface area contributed by atoms with Crippen molar-refractivity contribution in [1.82, 2.24) is 14.8 Å². The van der Waals surface area contributed by atoms with Crippen LogP contribution in [-0.4, -0.2) is 38.4 Å². The average Bonchev–Trinajstić information content (AvgIpc) is 2.74. The molecule has 1 aliphatic rings. The van der Waals surface area contributed by atoms with Crippen LogP contribution < -0.4 is 4.90 Å². The Morgan fingerprint density at radius 2 is 2.19 bits per heavy atom. The Bertz CT molecular complexity index is 707. The summed E-state index contributed by atoms with van der Waals surface area (Å²) in [6.45, 7) is 4.95. The monoisotopic (exact) mass is 288 g/mol. The maximum Gasteiger partial charge on any atom is 0.339 e. The maximum absolute atomic E-state index is 11.6. The van der Waals surface area contributed by atoms with Gasteiger partial charge in [0.2, 0.25) is 0 Å². The molecule has 1 aliphatic heterocycles. The molecule has 0 spiro atoms. The van der Waals surface area contributed by atoms with E-state index >= 15 is 0 Å². The van der Waals surface area contributed by atoms with Crippen molar-refractivity contribution in [2.75, 3.05) is 11.4 Å². The van der Waals surface area contributed by atoms with E-state index in [1.807, 2.05) is 14.0 Å². The molecule has 112 valence electrons. The number of rotatable bonds is 2. The molecule has 1 saturated heterocycles. The van der Waals surface area contributed by atoms with E-state index in [1.165, 1.54) is 12.6 Å². The van der Waals surface area contributed by atoms with Crippen molar-refractivity contribution in [3.8, 4) is 0 Å². The van der Waals surface area contributed by atoms with Gasteiger partial charge in [0.15, 0.2) is 5.65 Å². The van der Waals surface area contributed by atoms with Gasteiger partial charge in [-0.15, -0.1) is 0 Å². The second-order valence-electron chi connectivity index (χ2n) is 5.77. The smallest absolute Gasteiger partial charge is 0.339 e. The zero-order valence-corrected chi connectivity index (χ0v) is 12.6. The summed E-state index contributed by atoms with van der Waals surface area (Å²) in [5, 5.41) is 14.8. The van der Waals surface area contributed by atoms with E-state index in [4.69, 9.17) is 0 Å². The summed E-state index contributed by atoms with van der Waals surface area (Å²) in [5.41, 5.74) is 2.62. The third-order valence-electron chi connectivity index (χ3n) is 4.32. The molecule has 1 fully saturated rings. The van der Waals surface area contributed by atoms with Gasteiger partial charge in [0.1, 0.15) is 5.56 Å². The number of hydrogen-bond donors (Lipinski definition) is 1. The van der Waals surface area contributed by atoms with Crippen LogP contribution in [-0.2, 0) is 7.05 Å². The number of pyridine rings is 1. The number of nitrogens with zero attached hydrogens (tertiary/aromatic N) is 4. The standard InChI is InChI=1S/C15H20N4O2/c1-9-6-4-5-7-19(9)13-11(15(20)21)8-16-14-12(13)10(2)17-18(14)3/h8-9H,4-7H2,1-3H3,(H,20,21). The fourth-order valence-electron chi connectivity index (χ4n) is 3.28. The van der Waals surface area contributed by atoms with Gasteiger partial charge in [-0.3, -0.25) is 4.68 Å². The number of carboxylic acids is 1. The highest BCUT2D eigenvalue weighted by molar-refractivity contribution is 6.05. The predicted octanol–water partition coefficient (Wildman–Crippen LogP) is 2.35. The van der Waals surface area contributed by atoms with E-state index in [9.17, 15) is 9.90 Å². The zero-order chi connectivity index (χ0) is 15.1. The molecule has 0 radical (unpaired) electrons. The molecule has 3 heterocycles. The Hall–Kier alpha value is -2.11. The SMILES string of the molecule is Cc1nn(C)c2ncc(C(=O)O)c(N3CCCCC3C)c12. The molecule has 0 amide bonds. The normalized spacial score (nSPS) is 19.2. The van der Waals surface area contributed by atoms with Crippen LogP contribution >= 0.6 is 0 Å². The van der Waals surface area contributed by atoms with Gasteiger partial charge in [-0.25, -0.2) is 9.78 Å². The number of hydrogen-bond acceptors (Lipinski definition) is 4. The minimum absolute atomic E-state index is 0.271. The Kier molecular flexibility index (Phi) is 3.31.